The lowest BCUT2D eigenvalue weighted by Gasteiger charge is -2.35. The molecule has 0 unspecified atom stereocenters. The van der Waals surface area contributed by atoms with Crippen LogP contribution >= 0.6 is 0 Å². The summed E-state index contributed by atoms with van der Waals surface area (Å²) in [5, 5.41) is 0. The maximum absolute atomic E-state index is 13.2. The van der Waals surface area contributed by atoms with Gasteiger partial charge in [-0.1, -0.05) is 6.07 Å². The largest absolute Gasteiger partial charge is 0.418 e. The fourth-order valence-electron chi connectivity index (χ4n) is 2.73. The van der Waals surface area contributed by atoms with Crippen molar-refractivity contribution in [2.75, 3.05) is 11.4 Å². The van der Waals surface area contributed by atoms with Crippen molar-refractivity contribution in [1.29, 1.82) is 0 Å². The van der Waals surface area contributed by atoms with Crippen LogP contribution in [-0.2, 0) is 12.7 Å². The van der Waals surface area contributed by atoms with E-state index in [2.05, 4.69) is 0 Å². The predicted molar refractivity (Wildman–Crippen MR) is 70.0 cm³/mol. The molecule has 1 aliphatic heterocycles. The minimum atomic E-state index is -4.35. The summed E-state index contributed by atoms with van der Waals surface area (Å²) in [5.41, 5.74) is 5.41. The summed E-state index contributed by atoms with van der Waals surface area (Å²) in [5.74, 6) is 0. The van der Waals surface area contributed by atoms with Crippen molar-refractivity contribution in [3.8, 4) is 0 Å². The molecule has 0 spiro atoms. The topological polar surface area (TPSA) is 29.3 Å². The standard InChI is InChI=1S/C14H19F3N2/c1-13(2)6-3-7-19(13)12-5-4-10(9-18)8-11(12)14(15,16)17/h4-5,8H,3,6-7,9,18H2,1-2H3. The van der Waals surface area contributed by atoms with Crippen molar-refractivity contribution in [3.05, 3.63) is 29.3 Å². The highest BCUT2D eigenvalue weighted by molar-refractivity contribution is 5.58. The third-order valence-corrected chi connectivity index (χ3v) is 3.79. The van der Waals surface area contributed by atoms with E-state index in [9.17, 15) is 13.2 Å². The first-order valence-corrected chi connectivity index (χ1v) is 6.43. The number of benzene rings is 1. The molecular weight excluding hydrogens is 253 g/mol. The van der Waals surface area contributed by atoms with E-state index in [-0.39, 0.29) is 17.8 Å². The second-order valence-electron chi connectivity index (χ2n) is 5.62. The third-order valence-electron chi connectivity index (χ3n) is 3.79. The average molecular weight is 272 g/mol. The van der Waals surface area contributed by atoms with Crippen LogP contribution in [0.1, 0.15) is 37.8 Å². The number of halogens is 3. The van der Waals surface area contributed by atoms with E-state index in [1.165, 1.54) is 6.07 Å². The summed E-state index contributed by atoms with van der Waals surface area (Å²) in [7, 11) is 0. The van der Waals surface area contributed by atoms with Crippen molar-refractivity contribution in [1.82, 2.24) is 0 Å². The fourth-order valence-corrected chi connectivity index (χ4v) is 2.73. The zero-order valence-electron chi connectivity index (χ0n) is 11.2. The zero-order chi connectivity index (χ0) is 14.3. The number of hydrogen-bond acceptors (Lipinski definition) is 2. The molecule has 2 N–H and O–H groups in total. The van der Waals surface area contributed by atoms with Gasteiger partial charge >= 0.3 is 6.18 Å². The molecule has 0 saturated carbocycles. The Balaban J connectivity index is 2.51. The number of alkyl halides is 3. The Morgan fingerprint density at radius 1 is 1.32 bits per heavy atom. The smallest absolute Gasteiger partial charge is 0.366 e. The van der Waals surface area contributed by atoms with Gasteiger partial charge in [0.15, 0.2) is 0 Å². The highest BCUT2D eigenvalue weighted by Gasteiger charge is 2.39. The molecule has 0 radical (unpaired) electrons. The molecule has 0 bridgehead atoms. The molecule has 1 saturated heterocycles. The summed E-state index contributed by atoms with van der Waals surface area (Å²) < 4.78 is 39.6. The number of rotatable bonds is 2. The van der Waals surface area contributed by atoms with Crippen molar-refractivity contribution in [2.45, 2.75) is 44.9 Å². The lowest BCUT2D eigenvalue weighted by atomic mass is 9.99. The van der Waals surface area contributed by atoms with Crippen LogP contribution in [0.3, 0.4) is 0 Å². The Bertz CT molecular complexity index is 466. The van der Waals surface area contributed by atoms with E-state index in [0.717, 1.165) is 12.8 Å². The van der Waals surface area contributed by atoms with Gasteiger partial charge in [-0.05, 0) is 44.4 Å². The Labute approximate surface area is 111 Å². The number of nitrogens with zero attached hydrogens (tertiary/aromatic N) is 1. The van der Waals surface area contributed by atoms with E-state index in [1.54, 1.807) is 12.1 Å². The summed E-state index contributed by atoms with van der Waals surface area (Å²) in [4.78, 5) is 1.86. The molecule has 106 valence electrons. The lowest BCUT2D eigenvalue weighted by molar-refractivity contribution is -0.137. The van der Waals surface area contributed by atoms with Crippen molar-refractivity contribution in [2.24, 2.45) is 5.73 Å². The van der Waals surface area contributed by atoms with E-state index in [1.807, 2.05) is 18.7 Å². The van der Waals surface area contributed by atoms with Gasteiger partial charge in [0.1, 0.15) is 0 Å². The van der Waals surface area contributed by atoms with Crippen LogP contribution in [0.15, 0.2) is 18.2 Å². The van der Waals surface area contributed by atoms with E-state index in [0.29, 0.717) is 12.1 Å². The molecule has 0 amide bonds. The fraction of sp³-hybridized carbons (Fsp3) is 0.571. The molecule has 5 heteroatoms. The molecule has 1 heterocycles. The van der Waals surface area contributed by atoms with E-state index < -0.39 is 11.7 Å². The van der Waals surface area contributed by atoms with Gasteiger partial charge in [-0.15, -0.1) is 0 Å². The molecule has 1 aromatic carbocycles. The van der Waals surface area contributed by atoms with Crippen LogP contribution in [0, 0.1) is 0 Å². The molecule has 0 aliphatic carbocycles. The first-order chi connectivity index (χ1) is 8.75. The van der Waals surface area contributed by atoms with E-state index >= 15 is 0 Å². The summed E-state index contributed by atoms with van der Waals surface area (Å²) in [6.45, 7) is 4.75. The molecule has 1 aliphatic rings. The molecule has 2 nitrogen and oxygen atoms in total. The first-order valence-electron chi connectivity index (χ1n) is 6.43. The monoisotopic (exact) mass is 272 g/mol. The van der Waals surface area contributed by atoms with Gasteiger partial charge in [0.2, 0.25) is 0 Å². The Hall–Kier alpha value is -1.23. The Kier molecular flexibility index (Phi) is 3.51. The Morgan fingerprint density at radius 2 is 2.00 bits per heavy atom. The summed E-state index contributed by atoms with van der Waals surface area (Å²) >= 11 is 0. The maximum atomic E-state index is 13.2. The van der Waals surface area contributed by atoms with Gasteiger partial charge in [-0.25, -0.2) is 0 Å². The highest BCUT2D eigenvalue weighted by atomic mass is 19.4. The number of hydrogen-bond donors (Lipinski definition) is 1. The van der Waals surface area contributed by atoms with Gasteiger partial charge in [0.05, 0.1) is 5.56 Å². The maximum Gasteiger partial charge on any atom is 0.418 e. The third kappa shape index (κ3) is 2.71. The summed E-state index contributed by atoms with van der Waals surface area (Å²) in [6, 6.07) is 4.40. The van der Waals surface area contributed by atoms with Gasteiger partial charge in [-0.3, -0.25) is 0 Å². The zero-order valence-corrected chi connectivity index (χ0v) is 11.2. The number of anilines is 1. The normalized spacial score (nSPS) is 18.9. The minimum Gasteiger partial charge on any atom is -0.366 e. The van der Waals surface area contributed by atoms with Crippen LogP contribution in [0.5, 0.6) is 0 Å². The van der Waals surface area contributed by atoms with Gasteiger partial charge in [-0.2, -0.15) is 13.2 Å². The molecular formula is C14H19F3N2. The second-order valence-corrected chi connectivity index (χ2v) is 5.62. The predicted octanol–water partition coefficient (Wildman–Crippen LogP) is 3.54. The molecule has 2 rings (SSSR count). The average Bonchev–Trinajstić information content (AvgIpc) is 2.67. The van der Waals surface area contributed by atoms with E-state index in [4.69, 9.17) is 5.73 Å². The van der Waals surface area contributed by atoms with Crippen molar-refractivity contribution in [3.63, 3.8) is 0 Å². The van der Waals surface area contributed by atoms with Crippen molar-refractivity contribution >= 4 is 5.69 Å². The second kappa shape index (κ2) is 4.71. The first kappa shape index (κ1) is 14.2. The molecule has 0 atom stereocenters. The SMILES string of the molecule is CC1(C)CCCN1c1ccc(CN)cc1C(F)(F)F. The van der Waals surface area contributed by atoms with Gasteiger partial charge in [0, 0.05) is 24.3 Å². The highest BCUT2D eigenvalue weighted by Crippen LogP contribution is 2.42. The van der Waals surface area contributed by atoms with Crippen LogP contribution in [0.4, 0.5) is 18.9 Å². The van der Waals surface area contributed by atoms with Crippen LogP contribution < -0.4 is 10.6 Å². The molecule has 0 aromatic heterocycles. The van der Waals surface area contributed by atoms with Crippen molar-refractivity contribution < 1.29 is 13.2 Å². The molecule has 1 aromatic rings. The Morgan fingerprint density at radius 3 is 2.47 bits per heavy atom. The van der Waals surface area contributed by atoms with Gasteiger partial charge in [0.25, 0.3) is 0 Å². The van der Waals surface area contributed by atoms with Crippen LogP contribution in [-0.4, -0.2) is 12.1 Å². The van der Waals surface area contributed by atoms with Crippen LogP contribution in [0.25, 0.3) is 0 Å². The molecule has 19 heavy (non-hydrogen) atoms. The lowest BCUT2D eigenvalue weighted by Crippen LogP contribution is -2.39. The quantitative estimate of drug-likeness (QED) is 0.892. The minimum absolute atomic E-state index is 0.118. The van der Waals surface area contributed by atoms with Gasteiger partial charge < -0.3 is 10.6 Å². The molecule has 1 fully saturated rings. The number of nitrogens with two attached hydrogens (primary N) is 1. The summed E-state index contributed by atoms with van der Waals surface area (Å²) in [6.07, 6.45) is -2.52. The van der Waals surface area contributed by atoms with Crippen LogP contribution in [0.2, 0.25) is 0 Å².